The van der Waals surface area contributed by atoms with Crippen LogP contribution in [-0.4, -0.2) is 29.1 Å². The molecule has 1 aromatic heterocycles. The summed E-state index contributed by atoms with van der Waals surface area (Å²) >= 11 is 11.5. The van der Waals surface area contributed by atoms with Crippen LogP contribution in [0.4, 0.5) is 0 Å². The lowest BCUT2D eigenvalue weighted by molar-refractivity contribution is 0.0847. The lowest BCUT2D eigenvalue weighted by atomic mass is 9.83. The maximum Gasteiger partial charge on any atom is 0.267 e. The quantitative estimate of drug-likeness (QED) is 0.755. The summed E-state index contributed by atoms with van der Waals surface area (Å²) in [5, 5.41) is 12.8. The Labute approximate surface area is 117 Å². The van der Waals surface area contributed by atoms with Crippen molar-refractivity contribution in [3.63, 3.8) is 0 Å². The maximum atomic E-state index is 11.9. The fourth-order valence-corrected chi connectivity index (χ4v) is 1.98. The van der Waals surface area contributed by atoms with Gasteiger partial charge in [0.1, 0.15) is 10.8 Å². The third kappa shape index (κ3) is 3.40. The molecule has 0 aromatic carbocycles. The van der Waals surface area contributed by atoms with Gasteiger partial charge in [-0.05, 0) is 18.9 Å². The molecule has 18 heavy (non-hydrogen) atoms. The van der Waals surface area contributed by atoms with Crippen LogP contribution in [0.2, 0.25) is 10.2 Å². The van der Waals surface area contributed by atoms with E-state index in [-0.39, 0.29) is 23.1 Å². The summed E-state index contributed by atoms with van der Waals surface area (Å²) in [6.07, 6.45) is 1.60. The number of hydrogen-bond acceptors (Lipinski definition) is 2. The third-order valence-corrected chi connectivity index (χ3v) is 4.12. The largest absolute Gasteiger partial charge is 0.396 e. The van der Waals surface area contributed by atoms with Crippen LogP contribution < -0.4 is 5.32 Å². The summed E-state index contributed by atoms with van der Waals surface area (Å²) in [6, 6.07) is 1.48. The maximum absolute atomic E-state index is 11.9. The number of aromatic amines is 1. The molecule has 0 saturated heterocycles. The highest BCUT2D eigenvalue weighted by molar-refractivity contribution is 6.41. The molecule has 0 aliphatic heterocycles. The monoisotopic (exact) mass is 292 g/mol. The van der Waals surface area contributed by atoms with Gasteiger partial charge in [0.15, 0.2) is 0 Å². The van der Waals surface area contributed by atoms with Gasteiger partial charge in [0, 0.05) is 12.0 Å². The highest BCUT2D eigenvalue weighted by Crippen LogP contribution is 2.25. The van der Waals surface area contributed by atoms with E-state index in [0.29, 0.717) is 17.3 Å². The second kappa shape index (κ2) is 6.45. The summed E-state index contributed by atoms with van der Waals surface area (Å²) < 4.78 is 0. The highest BCUT2D eigenvalue weighted by Gasteiger charge is 2.26. The average Bonchev–Trinajstić information content (AvgIpc) is 2.72. The van der Waals surface area contributed by atoms with Crippen LogP contribution >= 0.6 is 23.2 Å². The first-order chi connectivity index (χ1) is 8.48. The molecule has 1 rings (SSSR count). The molecule has 102 valence electrons. The third-order valence-electron chi connectivity index (χ3n) is 3.43. The van der Waals surface area contributed by atoms with Gasteiger partial charge in [-0.25, -0.2) is 0 Å². The number of aliphatic hydroxyl groups is 1. The van der Waals surface area contributed by atoms with E-state index >= 15 is 0 Å². The molecule has 1 amide bonds. The first-order valence-electron chi connectivity index (χ1n) is 5.91. The van der Waals surface area contributed by atoms with Gasteiger partial charge in [0.25, 0.3) is 5.91 Å². The van der Waals surface area contributed by atoms with E-state index in [4.69, 9.17) is 23.2 Å². The van der Waals surface area contributed by atoms with Gasteiger partial charge >= 0.3 is 0 Å². The minimum atomic E-state index is -0.275. The lowest BCUT2D eigenvalue weighted by Crippen LogP contribution is -2.39. The zero-order chi connectivity index (χ0) is 13.8. The molecule has 0 unspecified atom stereocenters. The second-order valence-electron chi connectivity index (χ2n) is 4.39. The molecule has 0 fully saturated rings. The molecule has 0 saturated carbocycles. The fourth-order valence-electron chi connectivity index (χ4n) is 1.67. The number of nitrogens with one attached hydrogen (secondary N) is 2. The predicted octanol–water partition coefficient (Wildman–Crippen LogP) is 2.85. The first kappa shape index (κ1) is 15.3. The first-order valence-corrected chi connectivity index (χ1v) is 6.66. The molecule has 0 atom stereocenters. The molecule has 6 heteroatoms. The van der Waals surface area contributed by atoms with Crippen molar-refractivity contribution in [1.29, 1.82) is 0 Å². The van der Waals surface area contributed by atoms with Crippen molar-refractivity contribution < 1.29 is 9.90 Å². The molecule has 1 aromatic rings. The van der Waals surface area contributed by atoms with Crippen LogP contribution in [-0.2, 0) is 0 Å². The predicted molar refractivity (Wildman–Crippen MR) is 73.2 cm³/mol. The number of hydrogen-bond donors (Lipinski definition) is 3. The lowest BCUT2D eigenvalue weighted by Gasteiger charge is -2.29. The fraction of sp³-hybridized carbons (Fsp3) is 0.583. The van der Waals surface area contributed by atoms with Gasteiger partial charge < -0.3 is 15.4 Å². The second-order valence-corrected chi connectivity index (χ2v) is 5.18. The Bertz CT molecular complexity index is 386. The topological polar surface area (TPSA) is 65.1 Å². The summed E-state index contributed by atoms with van der Waals surface area (Å²) in [5.41, 5.74) is 0.0552. The molecule has 0 radical (unpaired) electrons. The molecular formula is C12H18Cl2N2O2. The normalized spacial score (nSPS) is 11.6. The van der Waals surface area contributed by atoms with E-state index in [1.54, 1.807) is 0 Å². The van der Waals surface area contributed by atoms with E-state index in [1.807, 2.05) is 13.8 Å². The minimum absolute atomic E-state index is 0.0481. The Morgan fingerprint density at radius 3 is 2.44 bits per heavy atom. The van der Waals surface area contributed by atoms with E-state index in [1.165, 1.54) is 6.07 Å². The molecule has 0 bridgehead atoms. The summed E-state index contributed by atoms with van der Waals surface area (Å²) in [6.45, 7) is 4.46. The van der Waals surface area contributed by atoms with Crippen LogP contribution in [0.5, 0.6) is 0 Å². The van der Waals surface area contributed by atoms with Gasteiger partial charge in [-0.15, -0.1) is 0 Å². The minimum Gasteiger partial charge on any atom is -0.396 e. The molecule has 4 nitrogen and oxygen atoms in total. The number of carbonyl (C=O) groups is 1. The van der Waals surface area contributed by atoms with Crippen LogP contribution in [0, 0.1) is 5.41 Å². The standard InChI is InChI=1S/C12H18Cl2N2O2/c1-3-12(4-2,7-17)6-15-11(18)9-5-8(13)10(14)16-9/h5,16-17H,3-4,6-7H2,1-2H3,(H,15,18). The molecule has 0 spiro atoms. The van der Waals surface area contributed by atoms with Crippen molar-refractivity contribution in [1.82, 2.24) is 10.3 Å². The number of aliphatic hydroxyl groups excluding tert-OH is 1. The summed E-state index contributed by atoms with van der Waals surface area (Å²) in [4.78, 5) is 14.6. The SMILES string of the molecule is CCC(CC)(CO)CNC(=O)c1cc(Cl)c(Cl)[nH]1. The number of aromatic nitrogens is 1. The van der Waals surface area contributed by atoms with Crippen molar-refractivity contribution >= 4 is 29.1 Å². The highest BCUT2D eigenvalue weighted by atomic mass is 35.5. The Hall–Kier alpha value is -0.710. The van der Waals surface area contributed by atoms with Gasteiger partial charge in [-0.2, -0.15) is 0 Å². The van der Waals surface area contributed by atoms with Gasteiger partial charge in [0.05, 0.1) is 11.6 Å². The molecular weight excluding hydrogens is 275 g/mol. The molecule has 0 aliphatic carbocycles. The Kier molecular flexibility index (Phi) is 5.50. The van der Waals surface area contributed by atoms with Crippen molar-refractivity contribution in [3.8, 4) is 0 Å². The van der Waals surface area contributed by atoms with Crippen molar-refractivity contribution in [3.05, 3.63) is 21.9 Å². The van der Waals surface area contributed by atoms with Gasteiger partial charge in [-0.1, -0.05) is 37.0 Å². The zero-order valence-electron chi connectivity index (χ0n) is 10.5. The summed E-state index contributed by atoms with van der Waals surface area (Å²) in [5.74, 6) is -0.275. The van der Waals surface area contributed by atoms with E-state index in [0.717, 1.165) is 12.8 Å². The van der Waals surface area contributed by atoms with Crippen LogP contribution in [0.15, 0.2) is 6.07 Å². The molecule has 3 N–H and O–H groups in total. The average molecular weight is 293 g/mol. The number of amides is 1. The van der Waals surface area contributed by atoms with Gasteiger partial charge in [-0.3, -0.25) is 4.79 Å². The number of halogens is 2. The van der Waals surface area contributed by atoms with Crippen molar-refractivity contribution in [2.24, 2.45) is 5.41 Å². The zero-order valence-corrected chi connectivity index (χ0v) is 12.0. The van der Waals surface area contributed by atoms with E-state index in [9.17, 15) is 9.90 Å². The summed E-state index contributed by atoms with van der Waals surface area (Å²) in [7, 11) is 0. The van der Waals surface area contributed by atoms with Crippen molar-refractivity contribution in [2.45, 2.75) is 26.7 Å². The van der Waals surface area contributed by atoms with Crippen molar-refractivity contribution in [2.75, 3.05) is 13.2 Å². The number of rotatable bonds is 6. The van der Waals surface area contributed by atoms with Gasteiger partial charge in [0.2, 0.25) is 0 Å². The van der Waals surface area contributed by atoms with E-state index in [2.05, 4.69) is 10.3 Å². The van der Waals surface area contributed by atoms with Crippen LogP contribution in [0.25, 0.3) is 0 Å². The Balaban J connectivity index is 2.65. The number of H-pyrrole nitrogens is 1. The van der Waals surface area contributed by atoms with Crippen LogP contribution in [0.3, 0.4) is 0 Å². The Morgan fingerprint density at radius 1 is 1.44 bits per heavy atom. The number of carbonyl (C=O) groups excluding carboxylic acids is 1. The smallest absolute Gasteiger partial charge is 0.267 e. The van der Waals surface area contributed by atoms with E-state index < -0.39 is 0 Å². The van der Waals surface area contributed by atoms with Crippen LogP contribution in [0.1, 0.15) is 37.2 Å². The Morgan fingerprint density at radius 2 is 2.06 bits per heavy atom. The molecule has 1 heterocycles. The molecule has 0 aliphatic rings.